The predicted molar refractivity (Wildman–Crippen MR) is 130 cm³/mol. The number of allylic oxidation sites excluding steroid dienone is 2. The maximum Gasteiger partial charge on any atom is 0.409 e. The predicted octanol–water partition coefficient (Wildman–Crippen LogP) is 5.63. The average molecular weight is 456 g/mol. The highest BCUT2D eigenvalue weighted by Gasteiger charge is 2.22. The Bertz CT molecular complexity index is 888. The first-order valence-electron chi connectivity index (χ1n) is 11.3. The Labute approximate surface area is 195 Å². The molecule has 0 saturated carbocycles. The van der Waals surface area contributed by atoms with E-state index in [4.69, 9.17) is 4.74 Å². The second-order valence-corrected chi connectivity index (χ2v) is 7.77. The molecule has 3 aromatic rings. The van der Waals surface area contributed by atoms with Gasteiger partial charge in [0, 0.05) is 25.1 Å². The number of hydrogen-bond acceptors (Lipinski definition) is 2. The summed E-state index contributed by atoms with van der Waals surface area (Å²) in [5.41, 5.74) is 3.52. The van der Waals surface area contributed by atoms with Gasteiger partial charge in [-0.1, -0.05) is 97.3 Å². The summed E-state index contributed by atoms with van der Waals surface area (Å²) >= 11 is 0. The van der Waals surface area contributed by atoms with Gasteiger partial charge in [0.15, 0.2) is 0 Å². The van der Waals surface area contributed by atoms with Crippen LogP contribution >= 0.6 is 0 Å². The van der Waals surface area contributed by atoms with E-state index in [1.807, 2.05) is 77.8 Å². The van der Waals surface area contributed by atoms with E-state index in [2.05, 4.69) is 11.9 Å². The van der Waals surface area contributed by atoms with Crippen LogP contribution in [0.4, 0.5) is 13.2 Å². The van der Waals surface area contributed by atoms with Crippen molar-refractivity contribution >= 4 is 17.6 Å². The lowest BCUT2D eigenvalue weighted by molar-refractivity contribution is -0.0800. The lowest BCUT2D eigenvalue weighted by Crippen LogP contribution is -2.41. The molecule has 0 bridgehead atoms. The maximum absolute atomic E-state index is 12.1. The number of unbranched alkanes of at least 4 members (excludes halogenated alkanes) is 1. The van der Waals surface area contributed by atoms with Gasteiger partial charge in [0.2, 0.25) is 6.71 Å². The zero-order chi connectivity index (χ0) is 23.9. The number of rotatable bonds is 10. The smallest absolute Gasteiger partial charge is 0.364 e. The highest BCUT2D eigenvalue weighted by atomic mass is 19.4. The molecular weight excluding hydrogens is 424 g/mol. The summed E-state index contributed by atoms with van der Waals surface area (Å²) in [6.45, 7) is 2.92. The molecule has 3 nitrogen and oxygen atoms in total. The molecule has 0 saturated heterocycles. The van der Waals surface area contributed by atoms with Gasteiger partial charge in [-0.25, -0.2) is 4.98 Å². The number of ether oxygens (including phenoxy) is 1. The van der Waals surface area contributed by atoms with Crippen LogP contribution in [0.5, 0.6) is 0 Å². The highest BCUT2D eigenvalue weighted by Crippen LogP contribution is 2.16. The van der Waals surface area contributed by atoms with Gasteiger partial charge < -0.3 is 9.30 Å². The van der Waals surface area contributed by atoms with Crippen LogP contribution in [0.25, 0.3) is 0 Å². The molecular formula is C26H32BF3N2O. The van der Waals surface area contributed by atoms with Crippen LogP contribution in [0, 0.1) is 0 Å². The van der Waals surface area contributed by atoms with E-state index in [-0.39, 0.29) is 6.71 Å². The van der Waals surface area contributed by atoms with Crippen molar-refractivity contribution < 1.29 is 17.9 Å². The zero-order valence-corrected chi connectivity index (χ0v) is 19.3. The van der Waals surface area contributed by atoms with Crippen molar-refractivity contribution in [2.75, 3.05) is 7.11 Å². The molecule has 7 heteroatoms. The minimum absolute atomic E-state index is 0.116. The van der Waals surface area contributed by atoms with Crippen molar-refractivity contribution in [3.63, 3.8) is 0 Å². The fourth-order valence-electron chi connectivity index (χ4n) is 3.55. The van der Waals surface area contributed by atoms with Gasteiger partial charge in [0.1, 0.15) is 6.73 Å². The minimum Gasteiger partial charge on any atom is -0.364 e. The van der Waals surface area contributed by atoms with Gasteiger partial charge in [0.25, 0.3) is 0 Å². The Morgan fingerprint density at radius 1 is 1.00 bits per heavy atom. The fourth-order valence-corrected chi connectivity index (χ4v) is 3.55. The normalized spacial score (nSPS) is 11.3. The summed E-state index contributed by atoms with van der Waals surface area (Å²) in [7, 11) is 1.70. The van der Waals surface area contributed by atoms with Crippen molar-refractivity contribution in [1.29, 1.82) is 0 Å². The van der Waals surface area contributed by atoms with E-state index < -0.39 is 6.18 Å². The van der Waals surface area contributed by atoms with Crippen LogP contribution < -0.4 is 10.9 Å². The van der Waals surface area contributed by atoms with Gasteiger partial charge >= 0.3 is 6.18 Å². The van der Waals surface area contributed by atoms with Gasteiger partial charge in [-0.2, -0.15) is 13.2 Å². The molecule has 0 atom stereocenters. The number of imidazole rings is 1. The van der Waals surface area contributed by atoms with E-state index in [1.54, 1.807) is 7.11 Å². The van der Waals surface area contributed by atoms with Crippen molar-refractivity contribution in [2.24, 2.45) is 0 Å². The molecule has 3 rings (SSSR count). The maximum atomic E-state index is 12.1. The summed E-state index contributed by atoms with van der Waals surface area (Å²) in [5.74, 6) is 0. The van der Waals surface area contributed by atoms with Crippen molar-refractivity contribution in [2.45, 2.75) is 51.8 Å². The van der Waals surface area contributed by atoms with E-state index >= 15 is 0 Å². The Morgan fingerprint density at radius 2 is 1.61 bits per heavy atom. The first kappa shape index (κ1) is 26.5. The fraction of sp³-hybridized carbons (Fsp3) is 0.346. The number of methoxy groups -OCH3 is 1. The molecule has 0 aliphatic carbocycles. The topological polar surface area (TPSA) is 27.1 Å². The monoisotopic (exact) mass is 456 g/mol. The second-order valence-electron chi connectivity index (χ2n) is 7.77. The molecule has 0 radical (unpaired) electrons. The lowest BCUT2D eigenvalue weighted by atomic mass is 9.38. The van der Waals surface area contributed by atoms with Crippen molar-refractivity contribution in [3.05, 3.63) is 91.0 Å². The largest absolute Gasteiger partial charge is 0.409 e. The number of hydrogen-bond donors (Lipinski definition) is 0. The molecule has 0 amide bonds. The van der Waals surface area contributed by atoms with E-state index in [9.17, 15) is 13.2 Å². The third-order valence-electron chi connectivity index (χ3n) is 5.19. The van der Waals surface area contributed by atoms with Crippen molar-refractivity contribution in [1.82, 2.24) is 9.55 Å². The molecule has 1 heterocycles. The number of nitrogens with zero attached hydrogens (tertiary/aromatic N) is 2. The molecule has 0 fully saturated rings. The SMILES string of the molecule is CCCCc1cncn1COC.FC(F)(F)C=CCCB(c1ccccc1)c1ccccc1. The molecule has 1 aromatic heterocycles. The quantitative estimate of drug-likeness (QED) is 0.292. The minimum atomic E-state index is -4.23. The van der Waals surface area contributed by atoms with E-state index in [1.165, 1.54) is 24.6 Å². The summed E-state index contributed by atoms with van der Waals surface area (Å²) < 4.78 is 43.5. The van der Waals surface area contributed by atoms with Gasteiger partial charge in [-0.15, -0.1) is 0 Å². The number of halogens is 3. The lowest BCUT2D eigenvalue weighted by Gasteiger charge is -2.13. The second kappa shape index (κ2) is 14.4. The van der Waals surface area contributed by atoms with Crippen LogP contribution in [0.1, 0.15) is 31.9 Å². The zero-order valence-electron chi connectivity index (χ0n) is 19.3. The van der Waals surface area contributed by atoms with Gasteiger partial charge in [0.05, 0.1) is 6.33 Å². The standard InChI is InChI=1S/C17H16BF3.C9H16N2O/c19-17(20,21)13-7-8-14-18(15-9-3-1-4-10-15)16-11-5-2-6-12-16;1-3-4-5-9-6-10-7-11(9)8-12-2/h1-7,9-13H,8,14H2;6-7H,3-5,8H2,1-2H3. The Balaban J connectivity index is 0.000000273. The Hall–Kier alpha value is -2.80. The third-order valence-corrected chi connectivity index (χ3v) is 5.19. The molecule has 33 heavy (non-hydrogen) atoms. The molecule has 0 unspecified atom stereocenters. The summed E-state index contributed by atoms with van der Waals surface area (Å²) in [6, 6.07) is 19.8. The van der Waals surface area contributed by atoms with Gasteiger partial charge in [-0.3, -0.25) is 0 Å². The summed E-state index contributed by atoms with van der Waals surface area (Å²) in [4.78, 5) is 4.08. The van der Waals surface area contributed by atoms with Crippen LogP contribution in [0.3, 0.4) is 0 Å². The summed E-state index contributed by atoms with van der Waals surface area (Å²) in [6.07, 6.45) is 5.61. The number of aryl methyl sites for hydroxylation is 1. The van der Waals surface area contributed by atoms with E-state index in [0.717, 1.165) is 17.3 Å². The van der Waals surface area contributed by atoms with Gasteiger partial charge in [-0.05, 0) is 19.3 Å². The molecule has 2 aromatic carbocycles. The number of benzene rings is 2. The molecule has 0 spiro atoms. The third kappa shape index (κ3) is 10.1. The Kier molecular flexibility index (Phi) is 11.5. The first-order chi connectivity index (χ1) is 15.9. The molecule has 176 valence electrons. The highest BCUT2D eigenvalue weighted by molar-refractivity contribution is 6.85. The molecule has 0 N–H and O–H groups in total. The summed E-state index contributed by atoms with van der Waals surface area (Å²) in [5, 5.41) is 0. The van der Waals surface area contributed by atoms with Crippen LogP contribution in [0.15, 0.2) is 85.3 Å². The van der Waals surface area contributed by atoms with Crippen LogP contribution in [-0.2, 0) is 17.9 Å². The molecule has 0 aliphatic rings. The molecule has 0 aliphatic heterocycles. The van der Waals surface area contributed by atoms with Crippen LogP contribution in [-0.4, -0.2) is 29.5 Å². The average Bonchev–Trinajstić information content (AvgIpc) is 3.26. The number of aromatic nitrogens is 2. The first-order valence-corrected chi connectivity index (χ1v) is 11.3. The van der Waals surface area contributed by atoms with Crippen LogP contribution in [0.2, 0.25) is 6.32 Å². The van der Waals surface area contributed by atoms with Crippen molar-refractivity contribution in [3.8, 4) is 0 Å². The Morgan fingerprint density at radius 3 is 2.12 bits per heavy atom. The number of alkyl halides is 3. The van der Waals surface area contributed by atoms with E-state index in [0.29, 0.717) is 25.5 Å².